The molecule has 0 aliphatic heterocycles. The average molecular weight is 220 g/mol. The lowest BCUT2D eigenvalue weighted by atomic mass is 10.0. The van der Waals surface area contributed by atoms with Gasteiger partial charge in [-0.15, -0.1) is 0 Å². The Morgan fingerprint density at radius 3 is 2.36 bits per heavy atom. The Labute approximate surface area is 89.0 Å². The number of aliphatic carboxylic acids is 1. The van der Waals surface area contributed by atoms with Crippen molar-refractivity contribution in [2.24, 2.45) is 5.92 Å². The maximum atomic E-state index is 11.1. The fourth-order valence-electron chi connectivity index (χ4n) is 0.905. The molecule has 0 rings (SSSR count). The molecule has 82 valence electrons. The molecule has 0 spiro atoms. The summed E-state index contributed by atoms with van der Waals surface area (Å²) in [5, 5.41) is 8.57. The van der Waals surface area contributed by atoms with E-state index in [2.05, 4.69) is 12.6 Å². The molecule has 0 aromatic heterocycles. The lowest BCUT2D eigenvalue weighted by Crippen LogP contribution is -2.26. The van der Waals surface area contributed by atoms with Crippen molar-refractivity contribution in [3.05, 3.63) is 0 Å². The second-order valence-corrected chi connectivity index (χ2v) is 3.79. The first-order valence-electron chi connectivity index (χ1n) is 4.49. The smallest absolute Gasteiger partial charge is 0.307 e. The molecule has 1 atom stereocenters. The van der Waals surface area contributed by atoms with Crippen molar-refractivity contribution in [2.45, 2.75) is 32.8 Å². The van der Waals surface area contributed by atoms with Crippen molar-refractivity contribution >= 4 is 24.6 Å². The summed E-state index contributed by atoms with van der Waals surface area (Å²) < 4.78 is 4.99. The van der Waals surface area contributed by atoms with Gasteiger partial charge in [0.2, 0.25) is 0 Å². The number of carboxylic acids is 1. The molecule has 1 unspecified atom stereocenters. The van der Waals surface area contributed by atoms with Gasteiger partial charge in [-0.1, -0.05) is 13.8 Å². The van der Waals surface area contributed by atoms with Crippen molar-refractivity contribution in [2.75, 3.05) is 5.75 Å². The molecule has 0 saturated heterocycles. The molecule has 0 bridgehead atoms. The van der Waals surface area contributed by atoms with Gasteiger partial charge in [-0.25, -0.2) is 0 Å². The van der Waals surface area contributed by atoms with E-state index in [0.29, 0.717) is 5.75 Å². The van der Waals surface area contributed by atoms with Gasteiger partial charge in [-0.3, -0.25) is 9.59 Å². The van der Waals surface area contributed by atoms with E-state index in [-0.39, 0.29) is 24.7 Å². The zero-order valence-electron chi connectivity index (χ0n) is 8.40. The third kappa shape index (κ3) is 5.85. The van der Waals surface area contributed by atoms with E-state index in [1.807, 2.05) is 13.8 Å². The number of rotatable bonds is 6. The van der Waals surface area contributed by atoms with Crippen LogP contribution in [-0.2, 0) is 14.3 Å². The first kappa shape index (κ1) is 13.3. The largest absolute Gasteiger partial charge is 0.481 e. The van der Waals surface area contributed by atoms with Crippen molar-refractivity contribution in [1.82, 2.24) is 0 Å². The molecule has 1 N–H and O–H groups in total. The quantitative estimate of drug-likeness (QED) is 0.524. The third-order valence-electron chi connectivity index (χ3n) is 1.72. The van der Waals surface area contributed by atoms with Gasteiger partial charge < -0.3 is 9.84 Å². The van der Waals surface area contributed by atoms with Crippen LogP contribution in [0.2, 0.25) is 0 Å². The maximum Gasteiger partial charge on any atom is 0.307 e. The number of hydrogen-bond donors (Lipinski definition) is 2. The van der Waals surface area contributed by atoms with Crippen LogP contribution >= 0.6 is 12.6 Å². The van der Waals surface area contributed by atoms with Gasteiger partial charge in [-0.05, 0) is 5.92 Å². The Morgan fingerprint density at radius 1 is 1.43 bits per heavy atom. The molecule has 0 aliphatic rings. The maximum absolute atomic E-state index is 11.1. The van der Waals surface area contributed by atoms with Gasteiger partial charge in [0, 0.05) is 5.75 Å². The van der Waals surface area contributed by atoms with Gasteiger partial charge in [0.1, 0.15) is 6.10 Å². The summed E-state index contributed by atoms with van der Waals surface area (Å²) in [4.78, 5) is 21.5. The minimum Gasteiger partial charge on any atom is -0.481 e. The Morgan fingerprint density at radius 2 is 2.00 bits per heavy atom. The number of hydrogen-bond acceptors (Lipinski definition) is 4. The molecular formula is C9H16O4S. The lowest BCUT2D eigenvalue weighted by molar-refractivity contribution is -0.154. The molecule has 0 aliphatic carbocycles. The van der Waals surface area contributed by atoms with Crippen LogP contribution in [-0.4, -0.2) is 28.9 Å². The standard InChI is InChI=1S/C9H16O4S/c1-6(2)7(5-8(10)11)13-9(12)3-4-14/h6-7,14H,3-5H2,1-2H3,(H,10,11). The highest BCUT2D eigenvalue weighted by atomic mass is 32.1. The van der Waals surface area contributed by atoms with E-state index in [0.717, 1.165) is 0 Å². The van der Waals surface area contributed by atoms with E-state index in [4.69, 9.17) is 9.84 Å². The minimum atomic E-state index is -0.956. The van der Waals surface area contributed by atoms with Crippen molar-refractivity contribution in [3.8, 4) is 0 Å². The van der Waals surface area contributed by atoms with Gasteiger partial charge in [0.25, 0.3) is 0 Å². The second kappa shape index (κ2) is 6.70. The molecule has 0 aromatic carbocycles. The minimum absolute atomic E-state index is 0.00923. The molecule has 5 heteroatoms. The zero-order valence-corrected chi connectivity index (χ0v) is 9.29. The van der Waals surface area contributed by atoms with Crippen molar-refractivity contribution in [3.63, 3.8) is 0 Å². The van der Waals surface area contributed by atoms with Crippen LogP contribution in [0.15, 0.2) is 0 Å². The Kier molecular flexibility index (Phi) is 6.36. The van der Waals surface area contributed by atoms with E-state index >= 15 is 0 Å². The van der Waals surface area contributed by atoms with Gasteiger partial charge in [-0.2, -0.15) is 12.6 Å². The molecule has 4 nitrogen and oxygen atoms in total. The summed E-state index contributed by atoms with van der Waals surface area (Å²) in [7, 11) is 0. The summed E-state index contributed by atoms with van der Waals surface area (Å²) in [6.45, 7) is 3.64. The fraction of sp³-hybridized carbons (Fsp3) is 0.778. The summed E-state index contributed by atoms with van der Waals surface area (Å²) in [5.74, 6) is -0.922. The first-order chi connectivity index (χ1) is 6.47. The predicted octanol–water partition coefficient (Wildman–Crippen LogP) is 1.35. The van der Waals surface area contributed by atoms with E-state index < -0.39 is 12.1 Å². The van der Waals surface area contributed by atoms with Gasteiger partial charge in [0.15, 0.2) is 0 Å². The first-order valence-corrected chi connectivity index (χ1v) is 5.12. The van der Waals surface area contributed by atoms with Crippen LogP contribution in [0.4, 0.5) is 0 Å². The van der Waals surface area contributed by atoms with E-state index in [9.17, 15) is 9.59 Å². The number of carbonyl (C=O) groups excluding carboxylic acids is 1. The van der Waals surface area contributed by atoms with Crippen molar-refractivity contribution in [1.29, 1.82) is 0 Å². The van der Waals surface area contributed by atoms with Gasteiger partial charge >= 0.3 is 11.9 Å². The molecule has 0 amide bonds. The summed E-state index contributed by atoms with van der Waals surface area (Å²) >= 11 is 3.89. The van der Waals surface area contributed by atoms with Crippen LogP contribution in [0.3, 0.4) is 0 Å². The fourth-order valence-corrected chi connectivity index (χ4v) is 1.09. The van der Waals surface area contributed by atoms with E-state index in [1.54, 1.807) is 0 Å². The monoisotopic (exact) mass is 220 g/mol. The van der Waals surface area contributed by atoms with Crippen LogP contribution in [0, 0.1) is 5.92 Å². The topological polar surface area (TPSA) is 63.6 Å². The van der Waals surface area contributed by atoms with Crippen LogP contribution in [0.1, 0.15) is 26.7 Å². The molecular weight excluding hydrogens is 204 g/mol. The number of thiol groups is 1. The average Bonchev–Trinajstić information content (AvgIpc) is 2.02. The normalized spacial score (nSPS) is 12.6. The summed E-state index contributed by atoms with van der Waals surface area (Å²) in [6, 6.07) is 0. The van der Waals surface area contributed by atoms with Crippen LogP contribution in [0.5, 0.6) is 0 Å². The Hall–Kier alpha value is -0.710. The third-order valence-corrected chi connectivity index (χ3v) is 1.94. The molecule has 0 radical (unpaired) electrons. The number of ether oxygens (including phenoxy) is 1. The molecule has 0 fully saturated rings. The summed E-state index contributed by atoms with van der Waals surface area (Å²) in [6.07, 6.45) is -0.470. The highest BCUT2D eigenvalue weighted by molar-refractivity contribution is 7.80. The second-order valence-electron chi connectivity index (χ2n) is 3.34. The molecule has 0 heterocycles. The molecule has 0 aromatic rings. The highest BCUT2D eigenvalue weighted by Gasteiger charge is 2.20. The van der Waals surface area contributed by atoms with Gasteiger partial charge in [0.05, 0.1) is 12.8 Å². The number of carbonyl (C=O) groups is 2. The Balaban J connectivity index is 4.09. The lowest BCUT2D eigenvalue weighted by Gasteiger charge is -2.19. The number of esters is 1. The van der Waals surface area contributed by atoms with Crippen molar-refractivity contribution < 1.29 is 19.4 Å². The predicted molar refractivity (Wildman–Crippen MR) is 55.4 cm³/mol. The molecule has 0 saturated carbocycles. The number of carboxylic acid groups (broad SMARTS) is 1. The van der Waals surface area contributed by atoms with Crippen LogP contribution in [0.25, 0.3) is 0 Å². The Bertz CT molecular complexity index is 203. The molecule has 14 heavy (non-hydrogen) atoms. The highest BCUT2D eigenvalue weighted by Crippen LogP contribution is 2.12. The van der Waals surface area contributed by atoms with E-state index in [1.165, 1.54) is 0 Å². The zero-order chi connectivity index (χ0) is 11.1. The summed E-state index contributed by atoms with van der Waals surface area (Å²) in [5.41, 5.74) is 0. The van der Waals surface area contributed by atoms with Crippen LogP contribution < -0.4 is 0 Å². The SMILES string of the molecule is CC(C)C(CC(=O)O)OC(=O)CCS.